The Morgan fingerprint density at radius 1 is 1.24 bits per heavy atom. The molecule has 0 fully saturated rings. The van der Waals surface area contributed by atoms with Gasteiger partial charge in [0.15, 0.2) is 0 Å². The average Bonchev–Trinajstić information content (AvgIpc) is 2.42. The second kappa shape index (κ2) is 6.13. The van der Waals surface area contributed by atoms with E-state index >= 15 is 0 Å². The van der Waals surface area contributed by atoms with Gasteiger partial charge in [-0.05, 0) is 47.9 Å². The van der Waals surface area contributed by atoms with Crippen LogP contribution in [-0.4, -0.2) is 4.98 Å². The highest BCUT2D eigenvalue weighted by atomic mass is 79.9. The van der Waals surface area contributed by atoms with Crippen LogP contribution in [0.5, 0.6) is 0 Å². The van der Waals surface area contributed by atoms with Crippen molar-refractivity contribution in [1.82, 2.24) is 10.4 Å². The molecule has 2 rings (SSSR count). The molecule has 0 bridgehead atoms. The Morgan fingerprint density at radius 3 is 2.52 bits per heavy atom. The van der Waals surface area contributed by atoms with Crippen molar-refractivity contribution in [3.63, 3.8) is 0 Å². The molecule has 1 aromatic heterocycles. The number of benzene rings is 1. The molecule has 0 saturated heterocycles. The van der Waals surface area contributed by atoms with Crippen molar-refractivity contribution < 1.29 is 13.2 Å². The molecule has 2 aromatic rings. The molecule has 21 heavy (non-hydrogen) atoms. The third-order valence-electron chi connectivity index (χ3n) is 3.19. The highest BCUT2D eigenvalue weighted by Gasteiger charge is 2.32. The molecule has 0 spiro atoms. The van der Waals surface area contributed by atoms with Crippen LogP contribution in [-0.2, 0) is 6.18 Å². The van der Waals surface area contributed by atoms with Crippen molar-refractivity contribution in [3.8, 4) is 0 Å². The minimum atomic E-state index is -4.40. The molecule has 0 aliphatic carbocycles. The first-order valence-corrected chi connectivity index (χ1v) is 6.87. The van der Waals surface area contributed by atoms with Gasteiger partial charge in [-0.15, -0.1) is 0 Å². The third kappa shape index (κ3) is 3.42. The predicted octanol–water partition coefficient (Wildman–Crippen LogP) is 3.72. The van der Waals surface area contributed by atoms with E-state index in [1.54, 1.807) is 18.5 Å². The van der Waals surface area contributed by atoms with Gasteiger partial charge in [0.05, 0.1) is 11.6 Å². The van der Waals surface area contributed by atoms with Crippen LogP contribution in [0.25, 0.3) is 0 Å². The van der Waals surface area contributed by atoms with Crippen LogP contribution in [0.1, 0.15) is 28.3 Å². The molecule has 1 aromatic carbocycles. The summed E-state index contributed by atoms with van der Waals surface area (Å²) < 4.78 is 39.2. The van der Waals surface area contributed by atoms with Gasteiger partial charge >= 0.3 is 6.18 Å². The van der Waals surface area contributed by atoms with Crippen LogP contribution in [0.2, 0.25) is 0 Å². The smallest absolute Gasteiger partial charge is 0.271 e. The summed E-state index contributed by atoms with van der Waals surface area (Å²) in [5.41, 5.74) is 3.85. The summed E-state index contributed by atoms with van der Waals surface area (Å²) in [6.45, 7) is 1.85. The molecule has 0 amide bonds. The fourth-order valence-electron chi connectivity index (χ4n) is 2.07. The number of alkyl halides is 3. The molecule has 0 saturated carbocycles. The van der Waals surface area contributed by atoms with Gasteiger partial charge in [-0.3, -0.25) is 10.8 Å². The minimum absolute atomic E-state index is 0.406. The molecule has 0 aliphatic rings. The molecule has 1 heterocycles. The van der Waals surface area contributed by atoms with E-state index in [-0.39, 0.29) is 0 Å². The Balaban J connectivity index is 2.55. The zero-order valence-corrected chi connectivity index (χ0v) is 12.7. The Labute approximate surface area is 128 Å². The number of aromatic nitrogens is 1. The molecular formula is C14H13BrF3N3. The van der Waals surface area contributed by atoms with Crippen LogP contribution in [0, 0.1) is 6.92 Å². The Kier molecular flexibility index (Phi) is 4.65. The van der Waals surface area contributed by atoms with Gasteiger partial charge in [-0.1, -0.05) is 15.9 Å². The monoisotopic (exact) mass is 359 g/mol. The first kappa shape index (κ1) is 15.9. The normalized spacial score (nSPS) is 13.2. The van der Waals surface area contributed by atoms with Gasteiger partial charge in [0.1, 0.15) is 0 Å². The standard InChI is InChI=1S/C14H13BrF3N3/c1-8-4-5-20-7-11(8)13(21-19)10-6-9(14(16,17)18)2-3-12(10)15/h2-7,13,21H,19H2,1H3. The lowest BCUT2D eigenvalue weighted by Gasteiger charge is -2.21. The zero-order valence-electron chi connectivity index (χ0n) is 11.1. The molecule has 3 N–H and O–H groups in total. The SMILES string of the molecule is Cc1ccncc1C(NN)c1cc(C(F)(F)F)ccc1Br. The summed E-state index contributed by atoms with van der Waals surface area (Å²) in [6, 6.07) is 4.67. The summed E-state index contributed by atoms with van der Waals surface area (Å²) in [5.74, 6) is 5.55. The Bertz CT molecular complexity index is 644. The molecule has 0 aliphatic heterocycles. The fourth-order valence-corrected chi connectivity index (χ4v) is 2.54. The number of nitrogens with zero attached hydrogens (tertiary/aromatic N) is 1. The molecular weight excluding hydrogens is 347 g/mol. The van der Waals surface area contributed by atoms with E-state index in [2.05, 4.69) is 26.3 Å². The Hall–Kier alpha value is -1.44. The number of rotatable bonds is 3. The molecule has 112 valence electrons. The zero-order chi connectivity index (χ0) is 15.6. The van der Waals surface area contributed by atoms with Gasteiger partial charge < -0.3 is 0 Å². The van der Waals surface area contributed by atoms with Gasteiger partial charge in [0.2, 0.25) is 0 Å². The van der Waals surface area contributed by atoms with Gasteiger partial charge in [-0.25, -0.2) is 5.43 Å². The minimum Gasteiger partial charge on any atom is -0.271 e. The highest BCUT2D eigenvalue weighted by molar-refractivity contribution is 9.10. The molecule has 3 nitrogen and oxygen atoms in total. The van der Waals surface area contributed by atoms with E-state index in [1.807, 2.05) is 6.92 Å². The summed E-state index contributed by atoms with van der Waals surface area (Å²) in [4.78, 5) is 4.01. The van der Waals surface area contributed by atoms with Crippen molar-refractivity contribution in [1.29, 1.82) is 0 Å². The van der Waals surface area contributed by atoms with E-state index < -0.39 is 17.8 Å². The maximum Gasteiger partial charge on any atom is 0.416 e. The topological polar surface area (TPSA) is 50.9 Å². The molecule has 7 heteroatoms. The van der Waals surface area contributed by atoms with Gasteiger partial charge in [0.25, 0.3) is 0 Å². The van der Waals surface area contributed by atoms with Crippen LogP contribution in [0.15, 0.2) is 41.1 Å². The number of nitrogens with one attached hydrogen (secondary N) is 1. The first-order chi connectivity index (χ1) is 9.84. The number of nitrogens with two attached hydrogens (primary N) is 1. The number of hydrazine groups is 1. The van der Waals surface area contributed by atoms with E-state index in [4.69, 9.17) is 5.84 Å². The van der Waals surface area contributed by atoms with Crippen LogP contribution in [0.4, 0.5) is 13.2 Å². The van der Waals surface area contributed by atoms with Crippen LogP contribution < -0.4 is 11.3 Å². The number of aryl methyl sites for hydroxylation is 1. The number of pyridine rings is 1. The lowest BCUT2D eigenvalue weighted by Crippen LogP contribution is -2.30. The largest absolute Gasteiger partial charge is 0.416 e. The quantitative estimate of drug-likeness (QED) is 0.648. The summed E-state index contributed by atoms with van der Waals surface area (Å²) in [6.07, 6.45) is -1.20. The van der Waals surface area contributed by atoms with Crippen LogP contribution in [0.3, 0.4) is 0 Å². The Morgan fingerprint density at radius 2 is 1.95 bits per heavy atom. The summed E-state index contributed by atoms with van der Waals surface area (Å²) >= 11 is 3.28. The van der Waals surface area contributed by atoms with Crippen molar-refractivity contribution >= 4 is 15.9 Å². The lowest BCUT2D eigenvalue weighted by molar-refractivity contribution is -0.137. The highest BCUT2D eigenvalue weighted by Crippen LogP contribution is 2.35. The number of hydrogen-bond donors (Lipinski definition) is 2. The summed E-state index contributed by atoms with van der Waals surface area (Å²) in [7, 11) is 0. The first-order valence-electron chi connectivity index (χ1n) is 6.08. The van der Waals surface area contributed by atoms with E-state index in [9.17, 15) is 13.2 Å². The van der Waals surface area contributed by atoms with E-state index in [0.29, 0.717) is 10.0 Å². The van der Waals surface area contributed by atoms with Crippen LogP contribution >= 0.6 is 15.9 Å². The fraction of sp³-hybridized carbons (Fsp3) is 0.214. The van der Waals surface area contributed by atoms with E-state index in [1.165, 1.54) is 6.07 Å². The van der Waals surface area contributed by atoms with Crippen molar-refractivity contribution in [3.05, 3.63) is 63.4 Å². The van der Waals surface area contributed by atoms with E-state index in [0.717, 1.165) is 23.3 Å². The van der Waals surface area contributed by atoms with Crippen molar-refractivity contribution in [2.75, 3.05) is 0 Å². The second-order valence-corrected chi connectivity index (χ2v) is 5.42. The lowest BCUT2D eigenvalue weighted by atomic mass is 9.96. The predicted molar refractivity (Wildman–Crippen MR) is 77.3 cm³/mol. The van der Waals surface area contributed by atoms with Gasteiger partial charge in [0, 0.05) is 16.9 Å². The van der Waals surface area contributed by atoms with Crippen molar-refractivity contribution in [2.45, 2.75) is 19.1 Å². The third-order valence-corrected chi connectivity index (χ3v) is 3.91. The maximum atomic E-state index is 12.9. The molecule has 0 radical (unpaired) electrons. The number of hydrogen-bond acceptors (Lipinski definition) is 3. The maximum absolute atomic E-state index is 12.9. The molecule has 1 atom stereocenters. The second-order valence-electron chi connectivity index (χ2n) is 4.57. The van der Waals surface area contributed by atoms with Gasteiger partial charge in [-0.2, -0.15) is 13.2 Å². The number of halogens is 4. The summed E-state index contributed by atoms with van der Waals surface area (Å²) in [5, 5.41) is 0. The molecule has 1 unspecified atom stereocenters. The van der Waals surface area contributed by atoms with Crippen molar-refractivity contribution in [2.24, 2.45) is 5.84 Å². The average molecular weight is 360 g/mol.